The van der Waals surface area contributed by atoms with Gasteiger partial charge in [-0.3, -0.25) is 9.59 Å². The Bertz CT molecular complexity index is 1270. The van der Waals surface area contributed by atoms with Crippen LogP contribution in [0.5, 0.6) is 0 Å². The summed E-state index contributed by atoms with van der Waals surface area (Å²) in [5, 5.41) is 3.06. The molecule has 2 amide bonds. The molecule has 0 aromatic heterocycles. The topological polar surface area (TPSA) is 180 Å². The number of amides is 2. The molecule has 9 nitrogen and oxygen atoms in total. The van der Waals surface area contributed by atoms with Gasteiger partial charge < -0.3 is 38.9 Å². The monoisotopic (exact) mass is 573 g/mol. The van der Waals surface area contributed by atoms with Crippen molar-refractivity contribution in [1.82, 2.24) is 5.32 Å². The molecule has 2 aromatic rings. The van der Waals surface area contributed by atoms with Crippen LogP contribution in [-0.4, -0.2) is 49.1 Å². The van der Waals surface area contributed by atoms with Gasteiger partial charge in [0.05, 0.1) is 12.2 Å². The summed E-state index contributed by atoms with van der Waals surface area (Å²) in [6, 6.07) is 15.2. The molecule has 1 saturated carbocycles. The molecule has 226 valence electrons. The molecule has 1 aliphatic carbocycles. The highest BCUT2D eigenvalue weighted by molar-refractivity contribution is 5.96. The molecular formula is C33H47N7O2. The Morgan fingerprint density at radius 1 is 0.810 bits per heavy atom. The van der Waals surface area contributed by atoms with E-state index >= 15 is 0 Å². The Balaban J connectivity index is 1.39. The van der Waals surface area contributed by atoms with E-state index in [-0.39, 0.29) is 60.7 Å². The lowest BCUT2D eigenvalue weighted by molar-refractivity contribution is -0.125. The second-order valence-electron chi connectivity index (χ2n) is 11.9. The van der Waals surface area contributed by atoms with Gasteiger partial charge in [0.15, 0.2) is 0 Å². The summed E-state index contributed by atoms with van der Waals surface area (Å²) in [5.41, 5.74) is 35.3. The van der Waals surface area contributed by atoms with E-state index in [2.05, 4.69) is 17.2 Å². The van der Waals surface area contributed by atoms with Gasteiger partial charge in [-0.05, 0) is 80.7 Å². The summed E-state index contributed by atoms with van der Waals surface area (Å²) in [7, 11) is 0. The maximum Gasteiger partial charge on any atom is 0.227 e. The summed E-state index contributed by atoms with van der Waals surface area (Å²) in [6.45, 7) is 1.22. The molecule has 42 heavy (non-hydrogen) atoms. The molecule has 0 spiro atoms. The third kappa shape index (κ3) is 8.63. The fourth-order valence-corrected chi connectivity index (χ4v) is 6.20. The second-order valence-corrected chi connectivity index (χ2v) is 11.9. The van der Waals surface area contributed by atoms with Gasteiger partial charge >= 0.3 is 0 Å². The SMILES string of the molecule is NCC1C(N)CC(N)CCC(N)CC(N)CCC1CNC(=O)CCC(=O)N1Cc2ccccc2C#Cc2ccccc21. The first-order chi connectivity index (χ1) is 20.2. The zero-order valence-electron chi connectivity index (χ0n) is 24.5. The minimum Gasteiger partial charge on any atom is -0.356 e. The van der Waals surface area contributed by atoms with E-state index in [9.17, 15) is 9.59 Å². The number of carbonyl (C=O) groups excluding carboxylic acids is 2. The van der Waals surface area contributed by atoms with E-state index in [1.807, 2.05) is 48.5 Å². The van der Waals surface area contributed by atoms with Crippen LogP contribution in [0.25, 0.3) is 0 Å². The van der Waals surface area contributed by atoms with Gasteiger partial charge in [-0.2, -0.15) is 0 Å². The van der Waals surface area contributed by atoms with Crippen molar-refractivity contribution in [3.63, 3.8) is 0 Å². The average molecular weight is 574 g/mol. The van der Waals surface area contributed by atoms with Gasteiger partial charge in [-0.15, -0.1) is 0 Å². The van der Waals surface area contributed by atoms with Crippen LogP contribution in [0, 0.1) is 23.7 Å². The van der Waals surface area contributed by atoms with E-state index in [1.165, 1.54) is 0 Å². The summed E-state index contributed by atoms with van der Waals surface area (Å²) in [5.74, 6) is 6.18. The number of fused-ring (bicyclic) bond motifs is 2. The smallest absolute Gasteiger partial charge is 0.227 e. The summed E-state index contributed by atoms with van der Waals surface area (Å²) >= 11 is 0. The van der Waals surface area contributed by atoms with E-state index in [1.54, 1.807) is 4.90 Å². The molecule has 0 radical (unpaired) electrons. The van der Waals surface area contributed by atoms with E-state index in [4.69, 9.17) is 28.7 Å². The van der Waals surface area contributed by atoms with Gasteiger partial charge in [0.1, 0.15) is 0 Å². The number of benzene rings is 2. The average Bonchev–Trinajstić information content (AvgIpc) is 2.97. The summed E-state index contributed by atoms with van der Waals surface area (Å²) in [6.07, 6.45) is 4.75. The standard InChI is InChI=1S/C33H47N7O2/c34-19-29-24(11-12-26(35)17-27(36)13-14-28(37)18-30(29)38)20-39-32(41)15-16-33(42)40-21-25-7-2-1-5-22(25)9-10-23-6-3-4-8-31(23)40/h1-8,24,26-30H,11-21,34-38H2,(H,39,41). The number of nitrogens with zero attached hydrogens (tertiary/aromatic N) is 1. The molecule has 6 unspecified atom stereocenters. The molecular weight excluding hydrogens is 526 g/mol. The van der Waals surface area contributed by atoms with Crippen molar-refractivity contribution in [2.45, 2.75) is 82.1 Å². The molecule has 2 aromatic carbocycles. The lowest BCUT2D eigenvalue weighted by atomic mass is 9.79. The molecule has 2 aliphatic rings. The zero-order chi connectivity index (χ0) is 30.1. The summed E-state index contributed by atoms with van der Waals surface area (Å²) < 4.78 is 0. The molecule has 0 saturated heterocycles. The van der Waals surface area contributed by atoms with Crippen molar-refractivity contribution in [3.05, 3.63) is 65.2 Å². The molecule has 0 bridgehead atoms. The molecule has 4 rings (SSSR count). The van der Waals surface area contributed by atoms with Crippen LogP contribution in [0.2, 0.25) is 0 Å². The highest BCUT2D eigenvalue weighted by atomic mass is 16.2. The number of nitrogens with one attached hydrogen (secondary N) is 1. The second kappa shape index (κ2) is 15.3. The molecule has 9 heteroatoms. The number of para-hydroxylation sites is 1. The van der Waals surface area contributed by atoms with Crippen LogP contribution in [0.4, 0.5) is 5.69 Å². The lowest BCUT2D eigenvalue weighted by Gasteiger charge is -2.34. The Morgan fingerprint density at radius 3 is 2.17 bits per heavy atom. The first-order valence-electron chi connectivity index (χ1n) is 15.2. The predicted molar refractivity (Wildman–Crippen MR) is 168 cm³/mol. The van der Waals surface area contributed by atoms with Crippen LogP contribution in [-0.2, 0) is 16.1 Å². The van der Waals surface area contributed by atoms with Crippen LogP contribution < -0.4 is 38.9 Å². The molecule has 1 fully saturated rings. The number of anilines is 1. The van der Waals surface area contributed by atoms with E-state index < -0.39 is 0 Å². The van der Waals surface area contributed by atoms with Gasteiger partial charge in [-0.1, -0.05) is 42.2 Å². The molecule has 1 heterocycles. The Labute approximate surface area is 249 Å². The lowest BCUT2D eigenvalue weighted by Crippen LogP contribution is -2.47. The van der Waals surface area contributed by atoms with Crippen molar-refractivity contribution in [3.8, 4) is 11.8 Å². The number of hydrogen-bond donors (Lipinski definition) is 6. The van der Waals surface area contributed by atoms with Crippen LogP contribution in [0.15, 0.2) is 48.5 Å². The maximum atomic E-state index is 13.5. The molecule has 1 aliphatic heterocycles. The first kappa shape index (κ1) is 31.7. The largest absolute Gasteiger partial charge is 0.356 e. The first-order valence-corrected chi connectivity index (χ1v) is 15.2. The number of carbonyl (C=O) groups is 2. The highest BCUT2D eigenvalue weighted by Crippen LogP contribution is 2.27. The van der Waals surface area contributed by atoms with Gasteiger partial charge in [0.25, 0.3) is 0 Å². The third-order valence-electron chi connectivity index (χ3n) is 8.73. The van der Waals surface area contributed by atoms with Crippen molar-refractivity contribution >= 4 is 17.5 Å². The Hall–Kier alpha value is -3.26. The van der Waals surface area contributed by atoms with Crippen LogP contribution >= 0.6 is 0 Å². The number of hydrogen-bond acceptors (Lipinski definition) is 7. The fraction of sp³-hybridized carbons (Fsp3) is 0.515. The summed E-state index contributed by atoms with van der Waals surface area (Å²) in [4.78, 5) is 28.3. The number of rotatable bonds is 6. The van der Waals surface area contributed by atoms with Crippen molar-refractivity contribution in [1.29, 1.82) is 0 Å². The fourth-order valence-electron chi connectivity index (χ4n) is 6.20. The van der Waals surface area contributed by atoms with E-state index in [0.29, 0.717) is 26.1 Å². The van der Waals surface area contributed by atoms with Crippen molar-refractivity contribution < 1.29 is 9.59 Å². The molecule has 6 atom stereocenters. The van der Waals surface area contributed by atoms with Gasteiger partial charge in [0.2, 0.25) is 11.8 Å². The molecule has 11 N–H and O–H groups in total. The minimum absolute atomic E-state index is 0.00278. The minimum atomic E-state index is -0.182. The quantitative estimate of drug-likeness (QED) is 0.284. The van der Waals surface area contributed by atoms with Crippen molar-refractivity contribution in [2.75, 3.05) is 18.0 Å². The number of nitrogens with two attached hydrogens (primary N) is 5. The van der Waals surface area contributed by atoms with Crippen LogP contribution in [0.3, 0.4) is 0 Å². The third-order valence-corrected chi connectivity index (χ3v) is 8.73. The zero-order valence-corrected chi connectivity index (χ0v) is 24.5. The van der Waals surface area contributed by atoms with Gasteiger partial charge in [0, 0.05) is 54.7 Å². The predicted octanol–water partition coefficient (Wildman–Crippen LogP) is 1.68. The van der Waals surface area contributed by atoms with Crippen LogP contribution in [0.1, 0.15) is 68.1 Å². The van der Waals surface area contributed by atoms with Gasteiger partial charge in [-0.25, -0.2) is 0 Å². The maximum absolute atomic E-state index is 13.5. The van der Waals surface area contributed by atoms with Crippen molar-refractivity contribution in [2.24, 2.45) is 40.5 Å². The van der Waals surface area contributed by atoms with E-state index in [0.717, 1.165) is 54.5 Å². The Kier molecular flexibility index (Phi) is 11.5. The highest BCUT2D eigenvalue weighted by Gasteiger charge is 2.29. The normalized spacial score (nSPS) is 26.5. The Morgan fingerprint density at radius 2 is 1.43 bits per heavy atom.